The number of tetrazole rings is 1. The van der Waals surface area contributed by atoms with Crippen molar-refractivity contribution >= 4 is 23.4 Å². The highest BCUT2D eigenvalue weighted by molar-refractivity contribution is 7.98. The van der Waals surface area contributed by atoms with Gasteiger partial charge in [-0.3, -0.25) is 4.57 Å². The number of unbranched alkanes of at least 4 members (excludes halogenated alkanes) is 1. The number of hydrogen-bond acceptors (Lipinski definition) is 6. The summed E-state index contributed by atoms with van der Waals surface area (Å²) in [5.74, 6) is 2.26. The number of aromatic nitrogens is 7. The molecule has 7 nitrogen and oxygen atoms in total. The molecule has 0 saturated carbocycles. The molecule has 136 valence electrons. The van der Waals surface area contributed by atoms with Crippen LogP contribution in [-0.2, 0) is 18.8 Å². The van der Waals surface area contributed by atoms with Crippen LogP contribution in [0.1, 0.15) is 25.6 Å². The zero-order valence-corrected chi connectivity index (χ0v) is 16.1. The van der Waals surface area contributed by atoms with Crippen molar-refractivity contribution in [3.8, 4) is 11.4 Å². The van der Waals surface area contributed by atoms with Gasteiger partial charge in [-0.2, -0.15) is 0 Å². The molecule has 0 bridgehead atoms. The van der Waals surface area contributed by atoms with Gasteiger partial charge in [0.05, 0.1) is 5.75 Å². The minimum absolute atomic E-state index is 0.619. The van der Waals surface area contributed by atoms with Crippen molar-refractivity contribution < 1.29 is 0 Å². The molecule has 0 aliphatic rings. The van der Waals surface area contributed by atoms with E-state index in [0.29, 0.717) is 17.3 Å². The van der Waals surface area contributed by atoms with Gasteiger partial charge in [-0.15, -0.1) is 21.9 Å². The Hall–Kier alpha value is -2.19. The summed E-state index contributed by atoms with van der Waals surface area (Å²) in [7, 11) is 0. The molecule has 3 rings (SSSR count). The van der Waals surface area contributed by atoms with E-state index in [1.54, 1.807) is 11.8 Å². The Kier molecular flexibility index (Phi) is 6.40. The third kappa shape index (κ3) is 4.31. The quantitative estimate of drug-likeness (QED) is 0.408. The summed E-state index contributed by atoms with van der Waals surface area (Å²) in [4.78, 5) is 0. The largest absolute Gasteiger partial charge is 0.298 e. The summed E-state index contributed by atoms with van der Waals surface area (Å²) in [6, 6.07) is 7.56. The highest BCUT2D eigenvalue weighted by Gasteiger charge is 2.15. The van der Waals surface area contributed by atoms with Gasteiger partial charge in [0, 0.05) is 23.7 Å². The van der Waals surface area contributed by atoms with Crippen LogP contribution in [0, 0.1) is 0 Å². The number of rotatable bonds is 9. The zero-order valence-electron chi connectivity index (χ0n) is 14.5. The Morgan fingerprint density at radius 1 is 1.19 bits per heavy atom. The third-order valence-electron chi connectivity index (χ3n) is 3.79. The highest BCUT2D eigenvalue weighted by atomic mass is 35.5. The Bertz CT molecular complexity index is 856. The molecule has 9 heteroatoms. The van der Waals surface area contributed by atoms with Crippen LogP contribution in [0.2, 0.25) is 5.02 Å². The maximum Gasteiger partial charge on any atom is 0.192 e. The molecule has 0 aliphatic heterocycles. The molecular weight excluding hydrogens is 370 g/mol. The monoisotopic (exact) mass is 389 g/mol. The molecular formula is C17H20ClN7S. The van der Waals surface area contributed by atoms with E-state index in [1.165, 1.54) is 0 Å². The smallest absolute Gasteiger partial charge is 0.192 e. The van der Waals surface area contributed by atoms with Gasteiger partial charge in [-0.1, -0.05) is 42.8 Å². The Labute approximate surface area is 161 Å². The van der Waals surface area contributed by atoms with Crippen molar-refractivity contribution in [3.05, 3.63) is 47.8 Å². The number of allylic oxidation sites excluding steroid dienone is 1. The Morgan fingerprint density at radius 3 is 2.73 bits per heavy atom. The van der Waals surface area contributed by atoms with Gasteiger partial charge in [-0.25, -0.2) is 4.68 Å². The summed E-state index contributed by atoms with van der Waals surface area (Å²) in [6.45, 7) is 7.44. The van der Waals surface area contributed by atoms with Crippen LogP contribution in [0.3, 0.4) is 0 Å². The van der Waals surface area contributed by atoms with E-state index in [4.69, 9.17) is 11.6 Å². The molecule has 0 fully saturated rings. The summed E-state index contributed by atoms with van der Waals surface area (Å²) < 4.78 is 3.88. The fourth-order valence-electron chi connectivity index (χ4n) is 2.44. The predicted octanol–water partition coefficient (Wildman–Crippen LogP) is 3.86. The second kappa shape index (κ2) is 8.95. The molecule has 0 aliphatic carbocycles. The van der Waals surface area contributed by atoms with Crippen molar-refractivity contribution in [1.29, 1.82) is 0 Å². The summed E-state index contributed by atoms with van der Waals surface area (Å²) in [5.41, 5.74) is 0.961. The van der Waals surface area contributed by atoms with E-state index in [2.05, 4.69) is 39.2 Å². The second-order valence-corrected chi connectivity index (χ2v) is 7.05. The average molecular weight is 390 g/mol. The van der Waals surface area contributed by atoms with E-state index in [9.17, 15) is 0 Å². The molecule has 0 radical (unpaired) electrons. The van der Waals surface area contributed by atoms with Crippen LogP contribution < -0.4 is 0 Å². The van der Waals surface area contributed by atoms with E-state index >= 15 is 0 Å². The van der Waals surface area contributed by atoms with Crippen molar-refractivity contribution in [1.82, 2.24) is 35.0 Å². The molecule has 3 aromatic rings. The molecule has 2 heterocycles. The lowest BCUT2D eigenvalue weighted by Gasteiger charge is -2.08. The molecule has 0 amide bonds. The third-order valence-corrected chi connectivity index (χ3v) is 5.01. The SMILES string of the molecule is C=CCn1c(SCc2nnnn2CCCC)nnc1-c1ccc(Cl)cc1. The topological polar surface area (TPSA) is 74.3 Å². The highest BCUT2D eigenvalue weighted by Crippen LogP contribution is 2.26. The van der Waals surface area contributed by atoms with E-state index in [-0.39, 0.29) is 0 Å². The minimum atomic E-state index is 0.619. The maximum atomic E-state index is 5.98. The van der Waals surface area contributed by atoms with Crippen LogP contribution in [0.15, 0.2) is 42.1 Å². The number of halogens is 1. The van der Waals surface area contributed by atoms with Gasteiger partial charge >= 0.3 is 0 Å². The summed E-state index contributed by atoms with van der Waals surface area (Å²) >= 11 is 7.54. The number of thioether (sulfide) groups is 1. The van der Waals surface area contributed by atoms with Gasteiger partial charge < -0.3 is 0 Å². The first kappa shape index (κ1) is 18.6. The van der Waals surface area contributed by atoms with E-state index in [1.807, 2.05) is 39.6 Å². The number of aryl methyl sites for hydroxylation is 1. The van der Waals surface area contributed by atoms with E-state index < -0.39 is 0 Å². The maximum absolute atomic E-state index is 5.98. The summed E-state index contributed by atoms with van der Waals surface area (Å²) in [6.07, 6.45) is 3.98. The van der Waals surface area contributed by atoms with Crippen LogP contribution >= 0.6 is 23.4 Å². The Balaban J connectivity index is 1.79. The number of hydrogen-bond donors (Lipinski definition) is 0. The fourth-order valence-corrected chi connectivity index (χ4v) is 3.45. The molecule has 1 aromatic carbocycles. The molecule has 2 aromatic heterocycles. The fraction of sp³-hybridized carbons (Fsp3) is 0.353. The molecule has 0 unspecified atom stereocenters. The van der Waals surface area contributed by atoms with E-state index in [0.717, 1.165) is 41.8 Å². The molecule has 0 spiro atoms. The lowest BCUT2D eigenvalue weighted by Crippen LogP contribution is -2.06. The van der Waals surface area contributed by atoms with Gasteiger partial charge in [-0.05, 0) is 41.1 Å². The minimum Gasteiger partial charge on any atom is -0.298 e. The van der Waals surface area contributed by atoms with Crippen molar-refractivity contribution in [2.24, 2.45) is 0 Å². The molecule has 0 N–H and O–H groups in total. The second-order valence-electron chi connectivity index (χ2n) is 5.67. The first-order valence-corrected chi connectivity index (χ1v) is 9.77. The Morgan fingerprint density at radius 2 is 2.00 bits per heavy atom. The van der Waals surface area contributed by atoms with Gasteiger partial charge in [0.15, 0.2) is 16.8 Å². The van der Waals surface area contributed by atoms with Gasteiger partial charge in [0.25, 0.3) is 0 Å². The lowest BCUT2D eigenvalue weighted by molar-refractivity contribution is 0.540. The van der Waals surface area contributed by atoms with Crippen LogP contribution in [0.5, 0.6) is 0 Å². The van der Waals surface area contributed by atoms with Gasteiger partial charge in [0.2, 0.25) is 0 Å². The van der Waals surface area contributed by atoms with Crippen LogP contribution in [0.4, 0.5) is 0 Å². The normalized spacial score (nSPS) is 11.0. The lowest BCUT2D eigenvalue weighted by atomic mass is 10.2. The molecule has 0 atom stereocenters. The van der Waals surface area contributed by atoms with Crippen LogP contribution in [0.25, 0.3) is 11.4 Å². The van der Waals surface area contributed by atoms with Crippen molar-refractivity contribution in [2.75, 3.05) is 0 Å². The predicted molar refractivity (Wildman–Crippen MR) is 103 cm³/mol. The van der Waals surface area contributed by atoms with Crippen LogP contribution in [-0.4, -0.2) is 35.0 Å². The zero-order chi connectivity index (χ0) is 18.4. The average Bonchev–Trinajstić information content (AvgIpc) is 3.26. The standard InChI is InChI=1S/C17H20ClN7S/c1-3-5-11-25-15(19-22-23-25)12-26-17-21-20-16(24(17)10-4-2)13-6-8-14(18)9-7-13/h4,6-9H,2-3,5,10-12H2,1H3. The van der Waals surface area contributed by atoms with Crippen molar-refractivity contribution in [3.63, 3.8) is 0 Å². The molecule has 0 saturated heterocycles. The number of nitrogens with zero attached hydrogens (tertiary/aromatic N) is 7. The first-order chi connectivity index (χ1) is 12.7. The first-order valence-electron chi connectivity index (χ1n) is 8.40. The number of benzene rings is 1. The van der Waals surface area contributed by atoms with Crippen molar-refractivity contribution in [2.45, 2.75) is 43.8 Å². The van der Waals surface area contributed by atoms with Gasteiger partial charge in [0.1, 0.15) is 0 Å². The molecule has 26 heavy (non-hydrogen) atoms. The summed E-state index contributed by atoms with van der Waals surface area (Å²) in [5, 5.41) is 22.2.